The van der Waals surface area contributed by atoms with Crippen LogP contribution < -0.4 is 5.32 Å². The minimum absolute atomic E-state index is 0.154. The van der Waals surface area contributed by atoms with Gasteiger partial charge in [-0.15, -0.1) is 0 Å². The normalized spacial score (nSPS) is 18.3. The van der Waals surface area contributed by atoms with E-state index in [1.807, 2.05) is 0 Å². The Hall–Kier alpha value is -1.61. The average Bonchev–Trinajstić information content (AvgIpc) is 2.49. The first kappa shape index (κ1) is 9.93. The summed E-state index contributed by atoms with van der Waals surface area (Å²) in [5.41, 5.74) is 1.35. The van der Waals surface area contributed by atoms with E-state index in [1.165, 1.54) is 0 Å². The van der Waals surface area contributed by atoms with Crippen LogP contribution >= 0.6 is 11.6 Å². The van der Waals surface area contributed by atoms with Gasteiger partial charge >= 0.3 is 0 Å². The SMILES string of the molecule is O=C1CC(=Cc2ccc(Cl)cc2)C(=O)N1. The summed E-state index contributed by atoms with van der Waals surface area (Å²) >= 11 is 5.73. The van der Waals surface area contributed by atoms with Crippen molar-refractivity contribution in [3.63, 3.8) is 0 Å². The van der Waals surface area contributed by atoms with E-state index >= 15 is 0 Å². The number of nitrogens with one attached hydrogen (secondary N) is 1. The van der Waals surface area contributed by atoms with E-state index in [4.69, 9.17) is 11.6 Å². The van der Waals surface area contributed by atoms with Crippen molar-refractivity contribution in [3.8, 4) is 0 Å². The summed E-state index contributed by atoms with van der Waals surface area (Å²) in [5.74, 6) is -0.560. The molecule has 0 unspecified atom stereocenters. The van der Waals surface area contributed by atoms with Crippen molar-refractivity contribution in [3.05, 3.63) is 40.4 Å². The van der Waals surface area contributed by atoms with Crippen molar-refractivity contribution >= 4 is 29.5 Å². The summed E-state index contributed by atoms with van der Waals surface area (Å²) in [7, 11) is 0. The lowest BCUT2D eigenvalue weighted by molar-refractivity contribution is -0.124. The molecule has 1 aliphatic rings. The summed E-state index contributed by atoms with van der Waals surface area (Å²) in [4.78, 5) is 22.1. The van der Waals surface area contributed by atoms with E-state index in [0.29, 0.717) is 10.6 Å². The fourth-order valence-electron chi connectivity index (χ4n) is 1.38. The van der Waals surface area contributed by atoms with Crippen molar-refractivity contribution in [1.29, 1.82) is 0 Å². The van der Waals surface area contributed by atoms with Crippen LogP contribution in [0.2, 0.25) is 5.02 Å². The van der Waals surface area contributed by atoms with Crippen LogP contribution in [0.4, 0.5) is 0 Å². The second-order valence-corrected chi connectivity index (χ2v) is 3.71. The molecule has 4 heteroatoms. The molecule has 2 amide bonds. The number of benzene rings is 1. The molecular formula is C11H8ClNO2. The summed E-state index contributed by atoms with van der Waals surface area (Å²) in [6.07, 6.45) is 1.85. The number of hydrogen-bond donors (Lipinski definition) is 1. The molecule has 2 rings (SSSR count). The first-order valence-electron chi connectivity index (χ1n) is 4.45. The highest BCUT2D eigenvalue weighted by atomic mass is 35.5. The van der Waals surface area contributed by atoms with Crippen LogP contribution in [0.1, 0.15) is 12.0 Å². The van der Waals surface area contributed by atoms with Gasteiger partial charge in [0.15, 0.2) is 0 Å². The van der Waals surface area contributed by atoms with E-state index in [-0.39, 0.29) is 18.2 Å². The van der Waals surface area contributed by atoms with Gasteiger partial charge in [-0.05, 0) is 23.8 Å². The predicted molar refractivity (Wildman–Crippen MR) is 57.2 cm³/mol. The molecule has 1 fully saturated rings. The quantitative estimate of drug-likeness (QED) is 0.580. The standard InChI is InChI=1S/C11H8ClNO2/c12-9-3-1-7(2-4-9)5-8-6-10(14)13-11(8)15/h1-5H,6H2,(H,13,14,15). The Morgan fingerprint density at radius 2 is 1.87 bits per heavy atom. The molecule has 1 aromatic rings. The molecule has 0 saturated carbocycles. The molecule has 1 N–H and O–H groups in total. The molecular weight excluding hydrogens is 214 g/mol. The van der Waals surface area contributed by atoms with E-state index in [1.54, 1.807) is 30.3 Å². The van der Waals surface area contributed by atoms with Crippen LogP contribution in [-0.2, 0) is 9.59 Å². The topological polar surface area (TPSA) is 46.2 Å². The number of halogens is 1. The number of carbonyl (C=O) groups excluding carboxylic acids is 2. The lowest BCUT2D eigenvalue weighted by Gasteiger charge is -1.95. The molecule has 0 aliphatic carbocycles. The Morgan fingerprint density at radius 1 is 1.20 bits per heavy atom. The van der Waals surface area contributed by atoms with Crippen LogP contribution in [0.3, 0.4) is 0 Å². The van der Waals surface area contributed by atoms with Gasteiger partial charge in [0.2, 0.25) is 5.91 Å². The lowest BCUT2D eigenvalue weighted by Crippen LogP contribution is -2.19. The van der Waals surface area contributed by atoms with E-state index in [2.05, 4.69) is 5.32 Å². The predicted octanol–water partition coefficient (Wildman–Crippen LogP) is 1.77. The van der Waals surface area contributed by atoms with Gasteiger partial charge < -0.3 is 0 Å². The highest BCUT2D eigenvalue weighted by Crippen LogP contribution is 2.16. The van der Waals surface area contributed by atoms with Gasteiger partial charge in [-0.3, -0.25) is 14.9 Å². The number of amides is 2. The van der Waals surface area contributed by atoms with Gasteiger partial charge in [0, 0.05) is 10.6 Å². The lowest BCUT2D eigenvalue weighted by atomic mass is 10.1. The maximum atomic E-state index is 11.2. The smallest absolute Gasteiger partial charge is 0.254 e. The maximum absolute atomic E-state index is 11.2. The highest BCUT2D eigenvalue weighted by molar-refractivity contribution is 6.30. The Labute approximate surface area is 91.7 Å². The van der Waals surface area contributed by atoms with Gasteiger partial charge in [-0.25, -0.2) is 0 Å². The zero-order chi connectivity index (χ0) is 10.8. The Balaban J connectivity index is 2.27. The fraction of sp³-hybridized carbons (Fsp3) is 0.0909. The Kier molecular flexibility index (Phi) is 2.56. The van der Waals surface area contributed by atoms with Crippen molar-refractivity contribution < 1.29 is 9.59 Å². The summed E-state index contributed by atoms with van der Waals surface area (Å²) in [5, 5.41) is 2.87. The van der Waals surface area contributed by atoms with Gasteiger partial charge in [-0.1, -0.05) is 23.7 Å². The monoisotopic (exact) mass is 221 g/mol. The summed E-state index contributed by atoms with van der Waals surface area (Å²) in [6, 6.07) is 7.07. The third-order valence-electron chi connectivity index (χ3n) is 2.11. The van der Waals surface area contributed by atoms with Gasteiger partial charge in [0.1, 0.15) is 0 Å². The molecule has 15 heavy (non-hydrogen) atoms. The molecule has 3 nitrogen and oxygen atoms in total. The number of rotatable bonds is 1. The average molecular weight is 222 g/mol. The van der Waals surface area contributed by atoms with Gasteiger partial charge in [-0.2, -0.15) is 0 Å². The second-order valence-electron chi connectivity index (χ2n) is 3.28. The van der Waals surface area contributed by atoms with E-state index < -0.39 is 0 Å². The first-order valence-corrected chi connectivity index (χ1v) is 4.83. The molecule has 0 atom stereocenters. The molecule has 0 spiro atoms. The molecule has 0 radical (unpaired) electrons. The molecule has 0 aromatic heterocycles. The molecule has 0 bridgehead atoms. The van der Waals surface area contributed by atoms with Gasteiger partial charge in [0.05, 0.1) is 6.42 Å². The van der Waals surface area contributed by atoms with Crippen LogP contribution in [0.15, 0.2) is 29.8 Å². The summed E-state index contributed by atoms with van der Waals surface area (Å²) in [6.45, 7) is 0. The van der Waals surface area contributed by atoms with Crippen LogP contribution in [0, 0.1) is 0 Å². The van der Waals surface area contributed by atoms with Crippen LogP contribution in [0.25, 0.3) is 6.08 Å². The fourth-order valence-corrected chi connectivity index (χ4v) is 1.51. The first-order chi connectivity index (χ1) is 7.15. The number of hydrogen-bond acceptors (Lipinski definition) is 2. The Morgan fingerprint density at radius 3 is 2.40 bits per heavy atom. The zero-order valence-corrected chi connectivity index (χ0v) is 8.54. The third kappa shape index (κ3) is 2.25. The van der Waals surface area contributed by atoms with Crippen molar-refractivity contribution in [2.75, 3.05) is 0 Å². The molecule has 1 aliphatic heterocycles. The number of imide groups is 1. The molecule has 1 heterocycles. The van der Waals surface area contributed by atoms with Crippen LogP contribution in [0.5, 0.6) is 0 Å². The molecule has 1 saturated heterocycles. The minimum atomic E-state index is -0.310. The minimum Gasteiger partial charge on any atom is -0.292 e. The van der Waals surface area contributed by atoms with Crippen molar-refractivity contribution in [2.24, 2.45) is 0 Å². The third-order valence-corrected chi connectivity index (χ3v) is 2.36. The Bertz CT molecular complexity index is 448. The van der Waals surface area contributed by atoms with Gasteiger partial charge in [0.25, 0.3) is 5.91 Å². The van der Waals surface area contributed by atoms with E-state index in [0.717, 1.165) is 5.56 Å². The number of carbonyl (C=O) groups is 2. The molecule has 1 aromatic carbocycles. The maximum Gasteiger partial charge on any atom is 0.254 e. The molecule has 76 valence electrons. The van der Waals surface area contributed by atoms with E-state index in [9.17, 15) is 9.59 Å². The highest BCUT2D eigenvalue weighted by Gasteiger charge is 2.23. The van der Waals surface area contributed by atoms with Crippen LogP contribution in [-0.4, -0.2) is 11.8 Å². The van der Waals surface area contributed by atoms with Crippen molar-refractivity contribution in [1.82, 2.24) is 5.32 Å². The second kappa shape index (κ2) is 3.87. The van der Waals surface area contributed by atoms with Crippen molar-refractivity contribution in [2.45, 2.75) is 6.42 Å². The zero-order valence-electron chi connectivity index (χ0n) is 7.79. The summed E-state index contributed by atoms with van der Waals surface area (Å²) < 4.78 is 0. The largest absolute Gasteiger partial charge is 0.292 e.